The van der Waals surface area contributed by atoms with Gasteiger partial charge in [0.1, 0.15) is 0 Å². The summed E-state index contributed by atoms with van der Waals surface area (Å²) in [5.74, 6) is 0.354. The second-order valence-electron chi connectivity index (χ2n) is 8.76. The molecule has 0 spiro atoms. The van der Waals surface area contributed by atoms with E-state index in [2.05, 4.69) is 43.8 Å². The highest BCUT2D eigenvalue weighted by Gasteiger charge is 2.45. The van der Waals surface area contributed by atoms with Gasteiger partial charge in [0.05, 0.1) is 12.0 Å². The average Bonchev–Trinajstić information content (AvgIpc) is 2.68. The smallest absolute Gasteiger partial charge is 0.214 e. The minimum absolute atomic E-state index is 0.0172. The van der Waals surface area contributed by atoms with Gasteiger partial charge in [-0.3, -0.25) is 4.90 Å². The molecule has 2 saturated heterocycles. The van der Waals surface area contributed by atoms with Crippen LogP contribution in [-0.2, 0) is 26.5 Å². The van der Waals surface area contributed by atoms with Crippen molar-refractivity contribution in [3.63, 3.8) is 0 Å². The van der Waals surface area contributed by atoms with E-state index >= 15 is 0 Å². The molecule has 4 rings (SSSR count). The summed E-state index contributed by atoms with van der Waals surface area (Å²) in [6, 6.07) is 6.77. The Kier molecular flexibility index (Phi) is 6.64. The zero-order valence-electron chi connectivity index (χ0n) is 17.3. The first-order valence-corrected chi connectivity index (χ1v) is 14.9. The van der Waals surface area contributed by atoms with Crippen LogP contribution in [0.15, 0.2) is 22.7 Å². The van der Waals surface area contributed by atoms with Crippen molar-refractivity contribution in [2.24, 2.45) is 5.92 Å². The molecule has 1 aromatic rings. The zero-order chi connectivity index (χ0) is 21.5. The van der Waals surface area contributed by atoms with Crippen molar-refractivity contribution in [1.82, 2.24) is 13.9 Å². The Bertz CT molecular complexity index is 999. The van der Waals surface area contributed by atoms with Crippen LogP contribution in [0.25, 0.3) is 0 Å². The standard InChI is InChI=1S/C20H30BrN3O4S2/c1-29(25,26)22-8-3-11-30(27,28)24-9-2-4-16-14-23-10-7-15-12-17(21)5-6-18(15)20(23)13-19(16)24/h5-6,12,16,19-20,22H,2-4,7-11,13-14H2,1H3/t16-,19+,20-/m0/s1. The van der Waals surface area contributed by atoms with Gasteiger partial charge in [0, 0.05) is 42.7 Å². The molecule has 3 atom stereocenters. The van der Waals surface area contributed by atoms with Crippen LogP contribution < -0.4 is 4.72 Å². The van der Waals surface area contributed by atoms with Crippen LogP contribution in [0.5, 0.6) is 0 Å². The maximum absolute atomic E-state index is 13.1. The summed E-state index contributed by atoms with van der Waals surface area (Å²) >= 11 is 3.57. The van der Waals surface area contributed by atoms with Crippen molar-refractivity contribution < 1.29 is 16.8 Å². The molecular weight excluding hydrogens is 490 g/mol. The van der Waals surface area contributed by atoms with Crippen LogP contribution in [0, 0.1) is 5.92 Å². The fraction of sp³-hybridized carbons (Fsp3) is 0.700. The maximum atomic E-state index is 13.1. The Hall–Kier alpha value is -0.520. The first-order chi connectivity index (χ1) is 14.1. The van der Waals surface area contributed by atoms with Gasteiger partial charge in [-0.05, 0) is 61.3 Å². The molecule has 0 aromatic heterocycles. The Labute approximate surface area is 188 Å². The van der Waals surface area contributed by atoms with E-state index in [1.807, 2.05) is 0 Å². The highest BCUT2D eigenvalue weighted by atomic mass is 79.9. The number of piperidine rings is 2. The predicted molar refractivity (Wildman–Crippen MR) is 121 cm³/mol. The number of fused-ring (bicyclic) bond motifs is 4. The lowest BCUT2D eigenvalue weighted by Gasteiger charge is -2.51. The van der Waals surface area contributed by atoms with Crippen molar-refractivity contribution in [2.45, 2.75) is 44.2 Å². The number of rotatable bonds is 6. The van der Waals surface area contributed by atoms with E-state index in [0.29, 0.717) is 12.5 Å². The van der Waals surface area contributed by atoms with Crippen LogP contribution in [-0.4, -0.2) is 70.3 Å². The van der Waals surface area contributed by atoms with Crippen molar-refractivity contribution in [1.29, 1.82) is 0 Å². The summed E-state index contributed by atoms with van der Waals surface area (Å²) in [5, 5.41) is 0. The van der Waals surface area contributed by atoms with E-state index in [1.165, 1.54) is 11.1 Å². The zero-order valence-corrected chi connectivity index (χ0v) is 20.5. The lowest BCUT2D eigenvalue weighted by Crippen LogP contribution is -2.57. The summed E-state index contributed by atoms with van der Waals surface area (Å²) < 4.78 is 54.0. The van der Waals surface area contributed by atoms with E-state index in [1.54, 1.807) is 4.31 Å². The molecule has 0 unspecified atom stereocenters. The lowest BCUT2D eigenvalue weighted by atomic mass is 9.77. The van der Waals surface area contributed by atoms with Gasteiger partial charge in [0.25, 0.3) is 0 Å². The molecule has 3 aliphatic rings. The first-order valence-electron chi connectivity index (χ1n) is 10.6. The normalized spacial score (nSPS) is 27.9. The number of sulfonamides is 2. The van der Waals surface area contributed by atoms with Gasteiger partial charge < -0.3 is 0 Å². The SMILES string of the molecule is CS(=O)(=O)NCCCS(=O)(=O)N1CCC[C@H]2CN3CCc4cc(Br)ccc4[C@@H]3C[C@H]21. The molecule has 168 valence electrons. The molecular formula is C20H30BrN3O4S2. The third kappa shape index (κ3) is 4.94. The van der Waals surface area contributed by atoms with Gasteiger partial charge in [0.15, 0.2) is 0 Å². The third-order valence-corrected chi connectivity index (χ3v) is 9.87. The van der Waals surface area contributed by atoms with Crippen molar-refractivity contribution in [3.05, 3.63) is 33.8 Å². The molecule has 1 aromatic carbocycles. The lowest BCUT2D eigenvalue weighted by molar-refractivity contribution is 0.0220. The Balaban J connectivity index is 1.49. The Morgan fingerprint density at radius 2 is 2.00 bits per heavy atom. The number of nitrogens with one attached hydrogen (secondary N) is 1. The average molecular weight is 521 g/mol. The third-order valence-electron chi connectivity index (χ3n) is 6.68. The largest absolute Gasteiger partial charge is 0.296 e. The van der Waals surface area contributed by atoms with E-state index in [0.717, 1.165) is 49.5 Å². The van der Waals surface area contributed by atoms with Crippen molar-refractivity contribution in [2.75, 3.05) is 38.2 Å². The molecule has 0 amide bonds. The minimum Gasteiger partial charge on any atom is -0.296 e. The van der Waals surface area contributed by atoms with E-state index in [9.17, 15) is 16.8 Å². The quantitative estimate of drug-likeness (QED) is 0.581. The van der Waals surface area contributed by atoms with Crippen molar-refractivity contribution >= 4 is 36.0 Å². The second kappa shape index (κ2) is 8.78. The van der Waals surface area contributed by atoms with Crippen LogP contribution >= 0.6 is 15.9 Å². The van der Waals surface area contributed by atoms with Gasteiger partial charge in [-0.2, -0.15) is 4.31 Å². The first kappa shape index (κ1) is 22.7. The van der Waals surface area contributed by atoms with Gasteiger partial charge >= 0.3 is 0 Å². The van der Waals surface area contributed by atoms with Crippen LogP contribution in [0.4, 0.5) is 0 Å². The number of hydrogen-bond donors (Lipinski definition) is 1. The molecule has 0 radical (unpaired) electrons. The highest BCUT2D eigenvalue weighted by molar-refractivity contribution is 9.10. The number of benzene rings is 1. The number of halogens is 1. The summed E-state index contributed by atoms with van der Waals surface area (Å²) in [6.07, 6.45) is 5.21. The summed E-state index contributed by atoms with van der Waals surface area (Å²) in [7, 11) is -6.72. The van der Waals surface area contributed by atoms with Gasteiger partial charge in [-0.25, -0.2) is 21.6 Å². The molecule has 0 aliphatic carbocycles. The second-order valence-corrected chi connectivity index (χ2v) is 13.5. The summed E-state index contributed by atoms with van der Waals surface area (Å²) in [4.78, 5) is 2.55. The fourth-order valence-electron chi connectivity index (χ4n) is 5.36. The van der Waals surface area contributed by atoms with E-state index in [-0.39, 0.29) is 30.8 Å². The van der Waals surface area contributed by atoms with E-state index in [4.69, 9.17) is 0 Å². The Morgan fingerprint density at radius 3 is 2.77 bits per heavy atom. The molecule has 7 nitrogen and oxygen atoms in total. The molecule has 0 bridgehead atoms. The number of hydrogen-bond acceptors (Lipinski definition) is 5. The summed E-state index contributed by atoms with van der Waals surface area (Å²) in [5.41, 5.74) is 2.70. The topological polar surface area (TPSA) is 86.8 Å². The Morgan fingerprint density at radius 1 is 1.20 bits per heavy atom. The molecule has 3 aliphatic heterocycles. The fourth-order valence-corrected chi connectivity index (χ4v) is 8.10. The number of nitrogens with zero attached hydrogens (tertiary/aromatic N) is 2. The maximum Gasteiger partial charge on any atom is 0.214 e. The van der Waals surface area contributed by atoms with E-state index < -0.39 is 20.0 Å². The molecule has 3 heterocycles. The minimum atomic E-state index is -3.42. The predicted octanol–water partition coefficient (Wildman–Crippen LogP) is 2.10. The highest BCUT2D eigenvalue weighted by Crippen LogP contribution is 2.44. The summed E-state index contributed by atoms with van der Waals surface area (Å²) in [6.45, 7) is 2.70. The monoisotopic (exact) mass is 519 g/mol. The molecule has 0 saturated carbocycles. The van der Waals surface area contributed by atoms with Gasteiger partial charge in [-0.15, -0.1) is 0 Å². The molecule has 2 fully saturated rings. The molecule has 30 heavy (non-hydrogen) atoms. The van der Waals surface area contributed by atoms with Gasteiger partial charge in [0.2, 0.25) is 20.0 Å². The van der Waals surface area contributed by atoms with Crippen LogP contribution in [0.3, 0.4) is 0 Å². The van der Waals surface area contributed by atoms with Crippen LogP contribution in [0.2, 0.25) is 0 Å². The molecule has 1 N–H and O–H groups in total. The molecule has 10 heteroatoms. The van der Waals surface area contributed by atoms with Crippen molar-refractivity contribution in [3.8, 4) is 0 Å². The van der Waals surface area contributed by atoms with Crippen LogP contribution in [0.1, 0.15) is 42.9 Å². The van der Waals surface area contributed by atoms with Gasteiger partial charge in [-0.1, -0.05) is 22.0 Å².